The van der Waals surface area contributed by atoms with Crippen LogP contribution in [0.1, 0.15) is 12.5 Å². The summed E-state index contributed by atoms with van der Waals surface area (Å²) >= 11 is 0. The van der Waals surface area contributed by atoms with Gasteiger partial charge >= 0.3 is 0 Å². The molecule has 0 fully saturated rings. The second kappa shape index (κ2) is 10.0. The smallest absolute Gasteiger partial charge is 0.244 e. The highest BCUT2D eigenvalue weighted by Gasteiger charge is 2.04. The maximum atomic E-state index is 11.9. The molecule has 0 aromatic heterocycles. The Morgan fingerprint density at radius 1 is 1.08 bits per heavy atom. The largest absolute Gasteiger partial charge is 0.493 e. The normalized spacial score (nSPS) is 10.5. The third-order valence-electron chi connectivity index (χ3n) is 3.33. The van der Waals surface area contributed by atoms with Crippen LogP contribution < -0.4 is 19.5 Å². The molecule has 2 aromatic rings. The highest BCUT2D eigenvalue weighted by atomic mass is 16.5. The van der Waals surface area contributed by atoms with E-state index in [1.807, 2.05) is 55.5 Å². The van der Waals surface area contributed by atoms with Gasteiger partial charge in [-0.25, -0.2) is 0 Å². The predicted molar refractivity (Wildman–Crippen MR) is 98.1 cm³/mol. The van der Waals surface area contributed by atoms with Gasteiger partial charge in [-0.2, -0.15) is 0 Å². The topological polar surface area (TPSA) is 56.8 Å². The maximum absolute atomic E-state index is 11.9. The Bertz CT molecular complexity index is 698. The molecule has 0 aliphatic heterocycles. The summed E-state index contributed by atoms with van der Waals surface area (Å²) in [5, 5.41) is 2.78. The van der Waals surface area contributed by atoms with E-state index in [-0.39, 0.29) is 5.91 Å². The van der Waals surface area contributed by atoms with Crippen molar-refractivity contribution in [2.75, 3.05) is 26.9 Å². The van der Waals surface area contributed by atoms with Crippen LogP contribution in [-0.4, -0.2) is 32.8 Å². The summed E-state index contributed by atoms with van der Waals surface area (Å²) in [7, 11) is 1.60. The quantitative estimate of drug-likeness (QED) is 0.562. The minimum Gasteiger partial charge on any atom is -0.493 e. The van der Waals surface area contributed by atoms with Gasteiger partial charge in [0.25, 0.3) is 0 Å². The molecule has 0 saturated carbocycles. The molecule has 2 rings (SSSR count). The van der Waals surface area contributed by atoms with Crippen molar-refractivity contribution in [2.24, 2.45) is 0 Å². The number of ether oxygens (including phenoxy) is 3. The standard InChI is InChI=1S/C20H23NO4/c1-3-24-19-15-16(9-11-18(19)23-2)10-12-20(22)21-13-14-25-17-7-5-4-6-8-17/h4-12,15H,3,13-14H2,1-2H3,(H,21,22). The van der Waals surface area contributed by atoms with E-state index >= 15 is 0 Å². The van der Waals surface area contributed by atoms with Crippen LogP contribution in [0.3, 0.4) is 0 Å². The molecule has 0 atom stereocenters. The van der Waals surface area contributed by atoms with Crippen LogP contribution in [-0.2, 0) is 4.79 Å². The van der Waals surface area contributed by atoms with E-state index in [4.69, 9.17) is 14.2 Å². The average Bonchev–Trinajstić information content (AvgIpc) is 2.65. The van der Waals surface area contributed by atoms with E-state index < -0.39 is 0 Å². The molecule has 0 aliphatic carbocycles. The van der Waals surface area contributed by atoms with Crippen LogP contribution in [0.25, 0.3) is 6.08 Å². The lowest BCUT2D eigenvalue weighted by Crippen LogP contribution is -2.26. The van der Waals surface area contributed by atoms with E-state index in [1.165, 1.54) is 6.08 Å². The molecule has 0 aliphatic rings. The Kier molecular flexibility index (Phi) is 7.38. The van der Waals surface area contributed by atoms with E-state index in [0.29, 0.717) is 31.3 Å². The second-order valence-electron chi connectivity index (χ2n) is 5.13. The van der Waals surface area contributed by atoms with Gasteiger partial charge in [-0.15, -0.1) is 0 Å². The fourth-order valence-electron chi connectivity index (χ4n) is 2.16. The first-order valence-corrected chi connectivity index (χ1v) is 8.17. The summed E-state index contributed by atoms with van der Waals surface area (Å²) in [4.78, 5) is 11.9. The van der Waals surface area contributed by atoms with Crippen molar-refractivity contribution in [1.29, 1.82) is 0 Å². The van der Waals surface area contributed by atoms with Gasteiger partial charge in [-0.1, -0.05) is 24.3 Å². The predicted octanol–water partition coefficient (Wildman–Crippen LogP) is 3.30. The molecule has 25 heavy (non-hydrogen) atoms. The van der Waals surface area contributed by atoms with Gasteiger partial charge in [-0.05, 0) is 42.8 Å². The lowest BCUT2D eigenvalue weighted by atomic mass is 10.2. The van der Waals surface area contributed by atoms with Gasteiger partial charge in [0, 0.05) is 6.08 Å². The zero-order chi connectivity index (χ0) is 17.9. The first-order chi connectivity index (χ1) is 12.2. The summed E-state index contributed by atoms with van der Waals surface area (Å²) in [5.74, 6) is 1.93. The van der Waals surface area contributed by atoms with Crippen LogP contribution >= 0.6 is 0 Å². The number of rotatable bonds is 9. The summed E-state index contributed by atoms with van der Waals surface area (Å²) < 4.78 is 16.3. The molecule has 0 radical (unpaired) electrons. The summed E-state index contributed by atoms with van der Waals surface area (Å²) in [5.41, 5.74) is 0.861. The highest BCUT2D eigenvalue weighted by molar-refractivity contribution is 5.91. The summed E-state index contributed by atoms with van der Waals surface area (Å²) in [6.07, 6.45) is 3.22. The van der Waals surface area contributed by atoms with Crippen LogP contribution in [0.4, 0.5) is 0 Å². The minimum absolute atomic E-state index is 0.176. The molecule has 0 unspecified atom stereocenters. The molecule has 1 N–H and O–H groups in total. The first kappa shape index (κ1) is 18.4. The number of benzene rings is 2. The van der Waals surface area contributed by atoms with Crippen molar-refractivity contribution in [1.82, 2.24) is 5.32 Å². The van der Waals surface area contributed by atoms with Crippen molar-refractivity contribution in [2.45, 2.75) is 6.92 Å². The van der Waals surface area contributed by atoms with Gasteiger partial charge in [0.1, 0.15) is 12.4 Å². The van der Waals surface area contributed by atoms with Crippen LogP contribution in [0, 0.1) is 0 Å². The number of amides is 1. The zero-order valence-corrected chi connectivity index (χ0v) is 14.5. The minimum atomic E-state index is -0.176. The number of carbonyl (C=O) groups excluding carboxylic acids is 1. The lowest BCUT2D eigenvalue weighted by Gasteiger charge is -2.09. The Morgan fingerprint density at radius 3 is 2.60 bits per heavy atom. The monoisotopic (exact) mass is 341 g/mol. The number of methoxy groups -OCH3 is 1. The summed E-state index contributed by atoms with van der Waals surface area (Å²) in [6.45, 7) is 3.31. The number of para-hydroxylation sites is 1. The van der Waals surface area contributed by atoms with Gasteiger partial charge < -0.3 is 19.5 Å². The van der Waals surface area contributed by atoms with Crippen molar-refractivity contribution in [3.8, 4) is 17.2 Å². The van der Waals surface area contributed by atoms with Gasteiger partial charge in [0.05, 0.1) is 20.3 Å². The third kappa shape index (κ3) is 6.22. The molecule has 5 heteroatoms. The Hall–Kier alpha value is -2.95. The van der Waals surface area contributed by atoms with Crippen LogP contribution in [0.15, 0.2) is 54.6 Å². The van der Waals surface area contributed by atoms with Crippen LogP contribution in [0.5, 0.6) is 17.2 Å². The van der Waals surface area contributed by atoms with E-state index in [2.05, 4.69) is 5.32 Å². The molecular formula is C20H23NO4. The summed E-state index contributed by atoms with van der Waals surface area (Å²) in [6, 6.07) is 15.0. The molecule has 132 valence electrons. The first-order valence-electron chi connectivity index (χ1n) is 8.17. The third-order valence-corrected chi connectivity index (χ3v) is 3.33. The van der Waals surface area contributed by atoms with Gasteiger partial charge in [-0.3, -0.25) is 4.79 Å². The van der Waals surface area contributed by atoms with Crippen molar-refractivity contribution >= 4 is 12.0 Å². The number of carbonyl (C=O) groups is 1. The fourth-order valence-corrected chi connectivity index (χ4v) is 2.16. The molecule has 0 bridgehead atoms. The zero-order valence-electron chi connectivity index (χ0n) is 14.5. The molecule has 1 amide bonds. The van der Waals surface area contributed by atoms with Crippen molar-refractivity contribution in [3.05, 3.63) is 60.2 Å². The SMILES string of the molecule is CCOc1cc(C=CC(=O)NCCOc2ccccc2)ccc1OC. The van der Waals surface area contributed by atoms with E-state index in [9.17, 15) is 4.79 Å². The van der Waals surface area contributed by atoms with E-state index in [1.54, 1.807) is 13.2 Å². The highest BCUT2D eigenvalue weighted by Crippen LogP contribution is 2.28. The molecule has 0 heterocycles. The second-order valence-corrected chi connectivity index (χ2v) is 5.13. The average molecular weight is 341 g/mol. The number of hydrogen-bond acceptors (Lipinski definition) is 4. The molecule has 0 spiro atoms. The Labute approximate surface area is 148 Å². The fraction of sp³-hybridized carbons (Fsp3) is 0.250. The number of hydrogen-bond donors (Lipinski definition) is 1. The van der Waals surface area contributed by atoms with Gasteiger partial charge in [0.15, 0.2) is 11.5 Å². The molecular weight excluding hydrogens is 318 g/mol. The molecule has 5 nitrogen and oxygen atoms in total. The van der Waals surface area contributed by atoms with Crippen LogP contribution in [0.2, 0.25) is 0 Å². The molecule has 2 aromatic carbocycles. The van der Waals surface area contributed by atoms with Crippen molar-refractivity contribution in [3.63, 3.8) is 0 Å². The number of nitrogens with one attached hydrogen (secondary N) is 1. The van der Waals surface area contributed by atoms with E-state index in [0.717, 1.165) is 11.3 Å². The maximum Gasteiger partial charge on any atom is 0.244 e. The van der Waals surface area contributed by atoms with Gasteiger partial charge in [0.2, 0.25) is 5.91 Å². The Balaban J connectivity index is 1.80. The van der Waals surface area contributed by atoms with Crippen molar-refractivity contribution < 1.29 is 19.0 Å². The lowest BCUT2D eigenvalue weighted by molar-refractivity contribution is -0.116. The Morgan fingerprint density at radius 2 is 1.88 bits per heavy atom. The molecule has 0 saturated heterocycles.